The minimum absolute atomic E-state index is 0.410. The third-order valence-corrected chi connectivity index (χ3v) is 3.33. The molecule has 1 aromatic rings. The van der Waals surface area contributed by atoms with Crippen LogP contribution in [-0.4, -0.2) is 35.0 Å². The fourth-order valence-electron chi connectivity index (χ4n) is 1.47. The molecular formula is C12H24N4S. The Morgan fingerprint density at radius 2 is 2.00 bits per heavy atom. The molecule has 1 N–H and O–H groups in total. The van der Waals surface area contributed by atoms with Gasteiger partial charge in [0.05, 0.1) is 0 Å². The third kappa shape index (κ3) is 4.60. The molecule has 0 aromatic carbocycles. The van der Waals surface area contributed by atoms with E-state index in [0.29, 0.717) is 12.0 Å². The molecule has 0 saturated carbocycles. The summed E-state index contributed by atoms with van der Waals surface area (Å²) in [6.07, 6.45) is 0. The average Bonchev–Trinajstić information content (AvgIpc) is 2.73. The second-order valence-electron chi connectivity index (χ2n) is 4.78. The summed E-state index contributed by atoms with van der Waals surface area (Å²) in [5.41, 5.74) is 0. The average molecular weight is 256 g/mol. The van der Waals surface area contributed by atoms with Crippen LogP contribution in [0.1, 0.15) is 46.4 Å². The number of nitrogens with zero attached hydrogens (tertiary/aromatic N) is 3. The lowest BCUT2D eigenvalue weighted by Crippen LogP contribution is -2.34. The Balaban J connectivity index is 2.53. The second-order valence-corrected chi connectivity index (χ2v) is 5.51. The molecule has 0 fully saturated rings. The van der Waals surface area contributed by atoms with E-state index in [4.69, 9.17) is 0 Å². The summed E-state index contributed by atoms with van der Waals surface area (Å²) >= 11 is 1.51. The highest BCUT2D eigenvalue weighted by Gasteiger charge is 2.12. The summed E-state index contributed by atoms with van der Waals surface area (Å²) < 4.78 is 4.40. The maximum Gasteiger partial charge on any atom is 0.205 e. The fraction of sp³-hybridized carbons (Fsp3) is 0.833. The molecule has 98 valence electrons. The largest absolute Gasteiger partial charge is 0.346 e. The normalized spacial score (nSPS) is 11.5. The number of hydrogen-bond acceptors (Lipinski definition) is 5. The minimum atomic E-state index is 0.410. The van der Waals surface area contributed by atoms with Crippen molar-refractivity contribution in [2.24, 2.45) is 0 Å². The van der Waals surface area contributed by atoms with Crippen LogP contribution in [0, 0.1) is 0 Å². The van der Waals surface area contributed by atoms with Crippen molar-refractivity contribution in [3.05, 3.63) is 5.82 Å². The van der Waals surface area contributed by atoms with E-state index in [0.717, 1.165) is 30.6 Å². The lowest BCUT2D eigenvalue weighted by Gasteiger charge is -2.20. The number of likely N-dealkylation sites (N-methyl/N-ethyl adjacent to an activating group) is 1. The highest BCUT2D eigenvalue weighted by atomic mass is 32.1. The Labute approximate surface area is 109 Å². The Morgan fingerprint density at radius 1 is 1.29 bits per heavy atom. The van der Waals surface area contributed by atoms with Gasteiger partial charge in [0.2, 0.25) is 5.13 Å². The van der Waals surface area contributed by atoms with Gasteiger partial charge in [-0.2, -0.15) is 4.37 Å². The van der Waals surface area contributed by atoms with E-state index >= 15 is 0 Å². The van der Waals surface area contributed by atoms with Crippen LogP contribution in [0.15, 0.2) is 0 Å². The number of aromatic nitrogens is 2. The van der Waals surface area contributed by atoms with Gasteiger partial charge in [-0.05, 0) is 6.92 Å². The van der Waals surface area contributed by atoms with Gasteiger partial charge in [-0.25, -0.2) is 4.98 Å². The molecule has 5 heteroatoms. The second kappa shape index (κ2) is 6.91. The van der Waals surface area contributed by atoms with E-state index in [1.165, 1.54) is 11.5 Å². The van der Waals surface area contributed by atoms with Crippen LogP contribution in [-0.2, 0) is 0 Å². The van der Waals surface area contributed by atoms with E-state index in [1.54, 1.807) is 0 Å². The van der Waals surface area contributed by atoms with Crippen molar-refractivity contribution in [2.45, 2.75) is 46.6 Å². The molecule has 0 aliphatic rings. The molecule has 0 unspecified atom stereocenters. The molecule has 1 aromatic heterocycles. The first-order valence-corrected chi connectivity index (χ1v) is 7.13. The van der Waals surface area contributed by atoms with Crippen molar-refractivity contribution < 1.29 is 0 Å². The molecule has 0 spiro atoms. The number of hydrogen-bond donors (Lipinski definition) is 1. The van der Waals surface area contributed by atoms with Crippen molar-refractivity contribution in [3.8, 4) is 0 Å². The molecule has 0 atom stereocenters. The van der Waals surface area contributed by atoms with Crippen LogP contribution in [0.5, 0.6) is 0 Å². The van der Waals surface area contributed by atoms with E-state index in [9.17, 15) is 0 Å². The summed E-state index contributed by atoms with van der Waals surface area (Å²) in [6, 6.07) is 0.536. The van der Waals surface area contributed by atoms with Crippen LogP contribution in [0.4, 0.5) is 5.13 Å². The van der Waals surface area contributed by atoms with Gasteiger partial charge < -0.3 is 10.2 Å². The molecule has 4 nitrogen and oxygen atoms in total. The summed E-state index contributed by atoms with van der Waals surface area (Å²) in [5, 5.41) is 4.47. The zero-order chi connectivity index (χ0) is 12.8. The quantitative estimate of drug-likeness (QED) is 0.814. The van der Waals surface area contributed by atoms with Crippen molar-refractivity contribution in [3.63, 3.8) is 0 Å². The maximum absolute atomic E-state index is 4.58. The Bertz CT molecular complexity index is 322. The molecule has 0 aliphatic carbocycles. The summed E-state index contributed by atoms with van der Waals surface area (Å²) in [7, 11) is 0. The predicted octanol–water partition coefficient (Wildman–Crippen LogP) is 2.49. The van der Waals surface area contributed by atoms with Crippen LogP contribution < -0.4 is 10.2 Å². The smallest absolute Gasteiger partial charge is 0.205 e. The van der Waals surface area contributed by atoms with Crippen molar-refractivity contribution >= 4 is 16.7 Å². The topological polar surface area (TPSA) is 41.0 Å². The molecule has 0 saturated heterocycles. The van der Waals surface area contributed by atoms with E-state index in [2.05, 4.69) is 54.2 Å². The number of rotatable bonds is 7. The van der Waals surface area contributed by atoms with Crippen LogP contribution in [0.2, 0.25) is 0 Å². The first kappa shape index (κ1) is 14.4. The van der Waals surface area contributed by atoms with Crippen LogP contribution >= 0.6 is 11.5 Å². The Kier molecular flexibility index (Phi) is 5.85. The number of nitrogens with one attached hydrogen (secondary N) is 1. The van der Waals surface area contributed by atoms with Crippen molar-refractivity contribution in [1.82, 2.24) is 14.7 Å². The zero-order valence-electron chi connectivity index (χ0n) is 11.5. The van der Waals surface area contributed by atoms with E-state index < -0.39 is 0 Å². The third-order valence-electron chi connectivity index (χ3n) is 2.53. The standard InChI is InChI=1S/C12H24N4S/c1-6-16(8-7-13-10(4)5)12-14-11(9(2)3)15-17-12/h9-10,13H,6-8H2,1-5H3. The van der Waals surface area contributed by atoms with E-state index in [1.807, 2.05) is 0 Å². The van der Waals surface area contributed by atoms with Gasteiger partial charge in [-0.1, -0.05) is 27.7 Å². The molecule has 17 heavy (non-hydrogen) atoms. The lowest BCUT2D eigenvalue weighted by atomic mass is 10.2. The van der Waals surface area contributed by atoms with Gasteiger partial charge in [0.15, 0.2) is 0 Å². The van der Waals surface area contributed by atoms with Gasteiger partial charge in [-0.15, -0.1) is 0 Å². The zero-order valence-corrected chi connectivity index (χ0v) is 12.3. The number of anilines is 1. The summed E-state index contributed by atoms with van der Waals surface area (Å²) in [4.78, 5) is 6.86. The SMILES string of the molecule is CCN(CCNC(C)C)c1nc(C(C)C)ns1. The minimum Gasteiger partial charge on any atom is -0.346 e. The van der Waals surface area contributed by atoms with Gasteiger partial charge in [-0.3, -0.25) is 0 Å². The molecule has 0 aliphatic heterocycles. The summed E-state index contributed by atoms with van der Waals surface area (Å²) in [5.74, 6) is 1.37. The predicted molar refractivity (Wildman–Crippen MR) is 75.0 cm³/mol. The van der Waals surface area contributed by atoms with Gasteiger partial charge >= 0.3 is 0 Å². The first-order valence-electron chi connectivity index (χ1n) is 6.36. The molecule has 1 heterocycles. The molecule has 1 rings (SSSR count). The fourth-order valence-corrected chi connectivity index (χ4v) is 2.36. The van der Waals surface area contributed by atoms with Gasteiger partial charge in [0.25, 0.3) is 0 Å². The summed E-state index contributed by atoms with van der Waals surface area (Å²) in [6.45, 7) is 13.7. The van der Waals surface area contributed by atoms with Crippen LogP contribution in [0.3, 0.4) is 0 Å². The van der Waals surface area contributed by atoms with Crippen molar-refractivity contribution in [2.75, 3.05) is 24.5 Å². The maximum atomic E-state index is 4.58. The molecule has 0 radical (unpaired) electrons. The Morgan fingerprint density at radius 3 is 2.47 bits per heavy atom. The Hall–Kier alpha value is -0.680. The van der Waals surface area contributed by atoms with Gasteiger partial charge in [0.1, 0.15) is 5.82 Å². The lowest BCUT2D eigenvalue weighted by molar-refractivity contribution is 0.583. The highest BCUT2D eigenvalue weighted by Crippen LogP contribution is 2.20. The first-order chi connectivity index (χ1) is 8.04. The van der Waals surface area contributed by atoms with E-state index in [-0.39, 0.29) is 0 Å². The molecular weight excluding hydrogens is 232 g/mol. The van der Waals surface area contributed by atoms with Crippen LogP contribution in [0.25, 0.3) is 0 Å². The molecule has 0 bridgehead atoms. The monoisotopic (exact) mass is 256 g/mol. The highest BCUT2D eigenvalue weighted by molar-refractivity contribution is 7.09. The van der Waals surface area contributed by atoms with Crippen molar-refractivity contribution in [1.29, 1.82) is 0 Å². The molecule has 0 amide bonds. The van der Waals surface area contributed by atoms with Gasteiger partial charge in [0, 0.05) is 43.1 Å².